The molecule has 1 aromatic rings. The van der Waals surface area contributed by atoms with Gasteiger partial charge in [0.05, 0.1) is 19.1 Å². The maximum Gasteiger partial charge on any atom is 0.306 e. The Labute approximate surface area is 123 Å². The second-order valence-corrected chi connectivity index (χ2v) is 5.06. The van der Waals surface area contributed by atoms with Gasteiger partial charge < -0.3 is 14.7 Å². The van der Waals surface area contributed by atoms with Gasteiger partial charge in [-0.15, -0.1) is 0 Å². The summed E-state index contributed by atoms with van der Waals surface area (Å²) in [6, 6.07) is 7.81. The predicted molar refractivity (Wildman–Crippen MR) is 78.8 cm³/mol. The van der Waals surface area contributed by atoms with E-state index in [1.807, 2.05) is 31.2 Å². The van der Waals surface area contributed by atoms with Gasteiger partial charge in [-0.05, 0) is 24.1 Å². The molecule has 1 heterocycles. The third kappa shape index (κ3) is 4.43. The molecule has 1 aromatic carbocycles. The molecule has 1 saturated heterocycles. The number of carbonyl (C=O) groups excluding carboxylic acids is 1. The highest BCUT2D eigenvalue weighted by atomic mass is 16.5. The Morgan fingerprint density at radius 2 is 2.19 bits per heavy atom. The maximum absolute atomic E-state index is 12.2. The van der Waals surface area contributed by atoms with E-state index in [4.69, 9.17) is 9.84 Å². The number of benzene rings is 1. The van der Waals surface area contributed by atoms with Crippen LogP contribution in [0.25, 0.3) is 6.08 Å². The first-order valence-electron chi connectivity index (χ1n) is 6.92. The van der Waals surface area contributed by atoms with E-state index in [0.717, 1.165) is 11.1 Å². The van der Waals surface area contributed by atoms with E-state index in [0.29, 0.717) is 19.7 Å². The first-order valence-corrected chi connectivity index (χ1v) is 6.92. The van der Waals surface area contributed by atoms with Crippen molar-refractivity contribution in [3.05, 3.63) is 41.5 Å². The van der Waals surface area contributed by atoms with E-state index in [1.165, 1.54) is 6.08 Å². The van der Waals surface area contributed by atoms with E-state index in [1.54, 1.807) is 11.0 Å². The van der Waals surface area contributed by atoms with E-state index < -0.39 is 12.1 Å². The zero-order valence-corrected chi connectivity index (χ0v) is 12.0. The van der Waals surface area contributed by atoms with Gasteiger partial charge in [-0.2, -0.15) is 0 Å². The van der Waals surface area contributed by atoms with Crippen molar-refractivity contribution < 1.29 is 19.4 Å². The summed E-state index contributed by atoms with van der Waals surface area (Å²) in [6.07, 6.45) is 2.82. The molecule has 0 bridgehead atoms. The van der Waals surface area contributed by atoms with Crippen LogP contribution in [0.4, 0.5) is 0 Å². The average molecular weight is 289 g/mol. The molecule has 1 aliphatic heterocycles. The van der Waals surface area contributed by atoms with Crippen molar-refractivity contribution in [3.8, 4) is 0 Å². The van der Waals surface area contributed by atoms with E-state index in [9.17, 15) is 9.59 Å². The lowest BCUT2D eigenvalue weighted by Gasteiger charge is -2.31. The second kappa shape index (κ2) is 7.04. The Morgan fingerprint density at radius 3 is 2.90 bits per heavy atom. The van der Waals surface area contributed by atoms with Crippen molar-refractivity contribution >= 4 is 18.0 Å². The minimum Gasteiger partial charge on any atom is -0.481 e. The van der Waals surface area contributed by atoms with Gasteiger partial charge in [0.1, 0.15) is 0 Å². The summed E-state index contributed by atoms with van der Waals surface area (Å²) in [6.45, 7) is 3.18. The van der Waals surface area contributed by atoms with Crippen LogP contribution in [0.15, 0.2) is 30.3 Å². The van der Waals surface area contributed by atoms with E-state index in [-0.39, 0.29) is 12.3 Å². The smallest absolute Gasteiger partial charge is 0.306 e. The Bertz CT molecular complexity index is 553. The Hall–Kier alpha value is -2.14. The standard InChI is InChI=1S/C16H19NO4/c1-12-4-2-3-5-13(12)6-7-15(18)17-8-9-21-14(11-17)10-16(19)20/h2-7,14H,8-11H2,1H3,(H,19,20)/b7-6+. The van der Waals surface area contributed by atoms with Gasteiger partial charge in [0.2, 0.25) is 5.91 Å². The van der Waals surface area contributed by atoms with Crippen molar-refractivity contribution in [2.45, 2.75) is 19.4 Å². The Kier molecular flexibility index (Phi) is 5.11. The molecule has 1 unspecified atom stereocenters. The fraction of sp³-hybridized carbons (Fsp3) is 0.375. The molecular formula is C16H19NO4. The quantitative estimate of drug-likeness (QED) is 0.857. The van der Waals surface area contributed by atoms with Gasteiger partial charge in [-0.25, -0.2) is 0 Å². The van der Waals surface area contributed by atoms with Crippen LogP contribution in [0.5, 0.6) is 0 Å². The lowest BCUT2D eigenvalue weighted by Crippen LogP contribution is -2.45. The fourth-order valence-corrected chi connectivity index (χ4v) is 2.28. The summed E-state index contributed by atoms with van der Waals surface area (Å²) in [5.74, 6) is -1.03. The summed E-state index contributed by atoms with van der Waals surface area (Å²) in [5, 5.41) is 8.78. The minimum absolute atomic E-state index is 0.0781. The molecule has 0 saturated carbocycles. The van der Waals surface area contributed by atoms with E-state index in [2.05, 4.69) is 0 Å². The van der Waals surface area contributed by atoms with Crippen LogP contribution in [0.2, 0.25) is 0 Å². The summed E-state index contributed by atoms with van der Waals surface area (Å²) < 4.78 is 5.35. The van der Waals surface area contributed by atoms with Crippen LogP contribution in [-0.2, 0) is 14.3 Å². The molecule has 5 nitrogen and oxygen atoms in total. The zero-order valence-electron chi connectivity index (χ0n) is 12.0. The van der Waals surface area contributed by atoms with Crippen molar-refractivity contribution in [1.29, 1.82) is 0 Å². The van der Waals surface area contributed by atoms with Crippen LogP contribution < -0.4 is 0 Å². The summed E-state index contributed by atoms with van der Waals surface area (Å²) >= 11 is 0. The van der Waals surface area contributed by atoms with Crippen LogP contribution >= 0.6 is 0 Å². The van der Waals surface area contributed by atoms with Crippen LogP contribution in [0.1, 0.15) is 17.5 Å². The lowest BCUT2D eigenvalue weighted by molar-refractivity contribution is -0.145. The number of hydrogen-bond acceptors (Lipinski definition) is 3. The van der Waals surface area contributed by atoms with Crippen molar-refractivity contribution in [1.82, 2.24) is 4.90 Å². The molecule has 1 N–H and O–H groups in total. The van der Waals surface area contributed by atoms with E-state index >= 15 is 0 Å². The number of nitrogens with zero attached hydrogens (tertiary/aromatic N) is 1. The van der Waals surface area contributed by atoms with Gasteiger partial charge in [-0.1, -0.05) is 24.3 Å². The Morgan fingerprint density at radius 1 is 1.43 bits per heavy atom. The van der Waals surface area contributed by atoms with Gasteiger partial charge >= 0.3 is 5.97 Å². The number of carbonyl (C=O) groups is 2. The van der Waals surface area contributed by atoms with Crippen molar-refractivity contribution in [2.24, 2.45) is 0 Å². The van der Waals surface area contributed by atoms with Gasteiger partial charge in [0.25, 0.3) is 0 Å². The molecular weight excluding hydrogens is 270 g/mol. The number of carboxylic acid groups (broad SMARTS) is 1. The number of carboxylic acids is 1. The molecule has 1 fully saturated rings. The summed E-state index contributed by atoms with van der Waals surface area (Å²) in [7, 11) is 0. The first kappa shape index (κ1) is 15.3. The Balaban J connectivity index is 1.96. The molecule has 0 radical (unpaired) electrons. The molecule has 0 aromatic heterocycles. The number of aliphatic carboxylic acids is 1. The molecule has 0 aliphatic carbocycles. The lowest BCUT2D eigenvalue weighted by atomic mass is 10.1. The van der Waals surface area contributed by atoms with Crippen LogP contribution in [0.3, 0.4) is 0 Å². The molecule has 112 valence electrons. The van der Waals surface area contributed by atoms with Crippen molar-refractivity contribution in [3.63, 3.8) is 0 Å². The highest BCUT2D eigenvalue weighted by molar-refractivity contribution is 5.92. The zero-order chi connectivity index (χ0) is 15.2. The topological polar surface area (TPSA) is 66.8 Å². The largest absolute Gasteiger partial charge is 0.481 e. The number of hydrogen-bond donors (Lipinski definition) is 1. The average Bonchev–Trinajstić information content (AvgIpc) is 2.45. The molecule has 1 amide bonds. The summed E-state index contributed by atoms with van der Waals surface area (Å²) in [4.78, 5) is 24.5. The monoisotopic (exact) mass is 289 g/mol. The molecule has 1 aliphatic rings. The SMILES string of the molecule is Cc1ccccc1/C=C/C(=O)N1CCOC(CC(=O)O)C1. The predicted octanol–water partition coefficient (Wildman–Crippen LogP) is 1.71. The molecule has 0 spiro atoms. The second-order valence-electron chi connectivity index (χ2n) is 5.06. The van der Waals surface area contributed by atoms with Gasteiger partial charge in [0, 0.05) is 19.2 Å². The summed E-state index contributed by atoms with van der Waals surface area (Å²) in [5.41, 5.74) is 2.11. The van der Waals surface area contributed by atoms with Gasteiger partial charge in [0.15, 0.2) is 0 Å². The fourth-order valence-electron chi connectivity index (χ4n) is 2.28. The number of morpholine rings is 1. The third-order valence-corrected chi connectivity index (χ3v) is 3.45. The normalized spacial score (nSPS) is 18.9. The van der Waals surface area contributed by atoms with Crippen molar-refractivity contribution in [2.75, 3.05) is 19.7 Å². The highest BCUT2D eigenvalue weighted by Crippen LogP contribution is 2.12. The van der Waals surface area contributed by atoms with Crippen LogP contribution in [-0.4, -0.2) is 47.7 Å². The number of rotatable bonds is 4. The minimum atomic E-state index is -0.912. The third-order valence-electron chi connectivity index (χ3n) is 3.45. The van der Waals surface area contributed by atoms with Gasteiger partial charge in [-0.3, -0.25) is 9.59 Å². The number of aryl methyl sites for hydroxylation is 1. The van der Waals surface area contributed by atoms with Crippen LogP contribution in [0, 0.1) is 6.92 Å². The molecule has 2 rings (SSSR count). The molecule has 1 atom stereocenters. The molecule has 21 heavy (non-hydrogen) atoms. The maximum atomic E-state index is 12.2. The number of amides is 1. The highest BCUT2D eigenvalue weighted by Gasteiger charge is 2.24. The number of ether oxygens (including phenoxy) is 1. The first-order chi connectivity index (χ1) is 10.1. The molecule has 5 heteroatoms.